The van der Waals surface area contributed by atoms with Gasteiger partial charge in [0, 0.05) is 12.5 Å². The summed E-state index contributed by atoms with van der Waals surface area (Å²) in [4.78, 5) is 4.53. The molecule has 102 valence electrons. The first-order valence-electron chi connectivity index (χ1n) is 6.32. The van der Waals surface area contributed by atoms with E-state index in [0.29, 0.717) is 0 Å². The number of nitrogens with two attached hydrogens (primary N) is 2. The maximum absolute atomic E-state index is 6.19. The summed E-state index contributed by atoms with van der Waals surface area (Å²) in [6.07, 6.45) is 0.729. The van der Waals surface area contributed by atoms with Crippen LogP contribution >= 0.6 is 11.5 Å². The Morgan fingerprint density at radius 3 is 2.79 bits per heavy atom. The van der Waals surface area contributed by atoms with Gasteiger partial charge in [-0.25, -0.2) is 4.98 Å². The van der Waals surface area contributed by atoms with E-state index in [4.69, 9.17) is 11.5 Å². The number of hydrogen-bond donors (Lipinski definition) is 2. The Morgan fingerprint density at radius 1 is 1.42 bits per heavy atom. The fourth-order valence-electron chi connectivity index (χ4n) is 1.74. The molecule has 2 aromatic rings. The van der Waals surface area contributed by atoms with Crippen molar-refractivity contribution in [3.05, 3.63) is 46.2 Å². The van der Waals surface area contributed by atoms with E-state index in [2.05, 4.69) is 34.5 Å². The van der Waals surface area contributed by atoms with Gasteiger partial charge in [0.05, 0.1) is 5.54 Å². The standard InChI is InChI=1S/C14H20N4S/c1-9-5-4-6-11(7-9)8-12-17-13(19-18-12)14(3,16)10(2)15/h4-7,10H,8,15-16H2,1-3H3. The van der Waals surface area contributed by atoms with E-state index < -0.39 is 5.54 Å². The predicted molar refractivity (Wildman–Crippen MR) is 79.1 cm³/mol. The van der Waals surface area contributed by atoms with Gasteiger partial charge in [0.15, 0.2) is 0 Å². The number of nitrogens with zero attached hydrogens (tertiary/aromatic N) is 2. The first kappa shape index (κ1) is 14.1. The van der Waals surface area contributed by atoms with Gasteiger partial charge < -0.3 is 11.5 Å². The Balaban J connectivity index is 2.18. The van der Waals surface area contributed by atoms with Crippen LogP contribution in [0.1, 0.15) is 35.8 Å². The Kier molecular flexibility index (Phi) is 3.99. The summed E-state index contributed by atoms with van der Waals surface area (Å²) < 4.78 is 4.38. The Hall–Kier alpha value is -1.30. The van der Waals surface area contributed by atoms with Gasteiger partial charge in [-0.05, 0) is 37.9 Å². The van der Waals surface area contributed by atoms with Crippen LogP contribution in [0.15, 0.2) is 24.3 Å². The van der Waals surface area contributed by atoms with Gasteiger partial charge in [0.1, 0.15) is 10.8 Å². The van der Waals surface area contributed by atoms with Crippen LogP contribution in [0.2, 0.25) is 0 Å². The monoisotopic (exact) mass is 276 g/mol. The lowest BCUT2D eigenvalue weighted by atomic mass is 9.97. The highest BCUT2D eigenvalue weighted by molar-refractivity contribution is 7.05. The molecule has 0 aliphatic rings. The second kappa shape index (κ2) is 5.36. The number of hydrogen-bond acceptors (Lipinski definition) is 5. The molecule has 0 aliphatic carbocycles. The third-order valence-electron chi connectivity index (χ3n) is 3.32. The zero-order chi connectivity index (χ0) is 14.0. The molecule has 19 heavy (non-hydrogen) atoms. The van der Waals surface area contributed by atoms with Gasteiger partial charge in [-0.15, -0.1) is 0 Å². The molecule has 4 nitrogen and oxygen atoms in total. The van der Waals surface area contributed by atoms with Gasteiger partial charge in [0.2, 0.25) is 0 Å². The molecule has 5 heteroatoms. The molecule has 2 rings (SSSR count). The van der Waals surface area contributed by atoms with Crippen LogP contribution in [0, 0.1) is 6.92 Å². The summed E-state index contributed by atoms with van der Waals surface area (Å²) in [5.41, 5.74) is 13.9. The minimum atomic E-state index is -0.622. The summed E-state index contributed by atoms with van der Waals surface area (Å²) >= 11 is 1.34. The molecule has 0 saturated carbocycles. The number of benzene rings is 1. The second-order valence-corrected chi connectivity index (χ2v) is 6.00. The topological polar surface area (TPSA) is 77.8 Å². The maximum atomic E-state index is 6.19. The summed E-state index contributed by atoms with van der Waals surface area (Å²) in [7, 11) is 0. The molecule has 0 amide bonds. The molecule has 0 saturated heterocycles. The van der Waals surface area contributed by atoms with Crippen molar-refractivity contribution >= 4 is 11.5 Å². The zero-order valence-electron chi connectivity index (χ0n) is 11.6. The largest absolute Gasteiger partial charge is 0.326 e. The third-order valence-corrected chi connectivity index (χ3v) is 4.33. The molecular weight excluding hydrogens is 256 g/mol. The second-order valence-electron chi connectivity index (χ2n) is 5.25. The maximum Gasteiger partial charge on any atom is 0.147 e. The van der Waals surface area contributed by atoms with Crippen LogP contribution in [0.4, 0.5) is 0 Å². The van der Waals surface area contributed by atoms with E-state index in [1.54, 1.807) is 0 Å². The van der Waals surface area contributed by atoms with Crippen LogP contribution in [0.5, 0.6) is 0 Å². The van der Waals surface area contributed by atoms with Gasteiger partial charge in [0.25, 0.3) is 0 Å². The van der Waals surface area contributed by atoms with Crippen molar-refractivity contribution in [2.45, 2.75) is 38.8 Å². The van der Waals surface area contributed by atoms with E-state index >= 15 is 0 Å². The lowest BCUT2D eigenvalue weighted by Crippen LogP contribution is -2.48. The normalized spacial score (nSPS) is 16.1. The summed E-state index contributed by atoms with van der Waals surface area (Å²) in [5, 5.41) is 0.796. The van der Waals surface area contributed by atoms with Crippen molar-refractivity contribution in [2.24, 2.45) is 11.5 Å². The van der Waals surface area contributed by atoms with Crippen LogP contribution in [-0.4, -0.2) is 15.4 Å². The lowest BCUT2D eigenvalue weighted by molar-refractivity contribution is 0.407. The minimum Gasteiger partial charge on any atom is -0.326 e. The molecular formula is C14H20N4S. The summed E-state index contributed by atoms with van der Waals surface area (Å²) in [6, 6.07) is 8.20. The Bertz CT molecular complexity index is 560. The highest BCUT2D eigenvalue weighted by atomic mass is 32.1. The first-order valence-corrected chi connectivity index (χ1v) is 7.10. The molecule has 0 radical (unpaired) electrons. The number of aromatic nitrogens is 2. The molecule has 2 atom stereocenters. The van der Waals surface area contributed by atoms with Crippen molar-refractivity contribution in [1.82, 2.24) is 9.36 Å². The average molecular weight is 276 g/mol. The average Bonchev–Trinajstić information content (AvgIpc) is 2.78. The minimum absolute atomic E-state index is 0.160. The molecule has 1 heterocycles. The zero-order valence-corrected chi connectivity index (χ0v) is 12.4. The Morgan fingerprint density at radius 2 is 2.16 bits per heavy atom. The Labute approximate surface area is 118 Å². The molecule has 2 unspecified atom stereocenters. The van der Waals surface area contributed by atoms with E-state index in [1.165, 1.54) is 22.7 Å². The fourth-order valence-corrected chi connectivity index (χ4v) is 2.57. The molecule has 0 spiro atoms. The highest BCUT2D eigenvalue weighted by Crippen LogP contribution is 2.23. The van der Waals surface area contributed by atoms with Crippen LogP contribution in [0.25, 0.3) is 0 Å². The molecule has 1 aromatic carbocycles. The SMILES string of the molecule is Cc1cccc(Cc2nsc(C(C)(N)C(C)N)n2)c1. The van der Waals surface area contributed by atoms with Gasteiger partial charge in [-0.1, -0.05) is 29.8 Å². The first-order chi connectivity index (χ1) is 8.89. The number of aryl methyl sites for hydroxylation is 1. The van der Waals surface area contributed by atoms with Crippen molar-refractivity contribution in [3.8, 4) is 0 Å². The smallest absolute Gasteiger partial charge is 0.147 e. The fraction of sp³-hybridized carbons (Fsp3) is 0.429. The molecule has 0 aliphatic heterocycles. The van der Waals surface area contributed by atoms with Crippen LogP contribution < -0.4 is 11.5 Å². The van der Waals surface area contributed by atoms with Crippen molar-refractivity contribution in [1.29, 1.82) is 0 Å². The van der Waals surface area contributed by atoms with E-state index in [1.807, 2.05) is 19.9 Å². The molecule has 0 fully saturated rings. The van der Waals surface area contributed by atoms with E-state index in [9.17, 15) is 0 Å². The van der Waals surface area contributed by atoms with Gasteiger partial charge in [-0.2, -0.15) is 4.37 Å². The highest BCUT2D eigenvalue weighted by Gasteiger charge is 2.30. The molecule has 1 aromatic heterocycles. The van der Waals surface area contributed by atoms with Crippen molar-refractivity contribution < 1.29 is 0 Å². The third kappa shape index (κ3) is 3.18. The lowest BCUT2D eigenvalue weighted by Gasteiger charge is -2.25. The summed E-state index contributed by atoms with van der Waals surface area (Å²) in [6.45, 7) is 5.87. The summed E-state index contributed by atoms with van der Waals surface area (Å²) in [5.74, 6) is 0.808. The van der Waals surface area contributed by atoms with E-state index in [0.717, 1.165) is 17.3 Å². The van der Waals surface area contributed by atoms with Gasteiger partial charge >= 0.3 is 0 Å². The van der Waals surface area contributed by atoms with E-state index in [-0.39, 0.29) is 6.04 Å². The predicted octanol–water partition coefficient (Wildman–Crippen LogP) is 1.96. The van der Waals surface area contributed by atoms with Crippen LogP contribution in [0.3, 0.4) is 0 Å². The van der Waals surface area contributed by atoms with Gasteiger partial charge in [-0.3, -0.25) is 0 Å². The number of rotatable bonds is 4. The van der Waals surface area contributed by atoms with Crippen molar-refractivity contribution in [2.75, 3.05) is 0 Å². The molecule has 0 bridgehead atoms. The molecule has 4 N–H and O–H groups in total. The van der Waals surface area contributed by atoms with Crippen LogP contribution in [-0.2, 0) is 12.0 Å². The van der Waals surface area contributed by atoms with Crippen molar-refractivity contribution in [3.63, 3.8) is 0 Å². The quantitative estimate of drug-likeness (QED) is 0.895.